The van der Waals surface area contributed by atoms with Crippen molar-refractivity contribution in [3.63, 3.8) is 0 Å². The van der Waals surface area contributed by atoms with Gasteiger partial charge in [0, 0.05) is 24.4 Å². The van der Waals surface area contributed by atoms with Crippen LogP contribution in [0.5, 0.6) is 0 Å². The van der Waals surface area contributed by atoms with Crippen LogP contribution >= 0.6 is 11.3 Å². The summed E-state index contributed by atoms with van der Waals surface area (Å²) in [7, 11) is 0. The van der Waals surface area contributed by atoms with Crippen LogP contribution < -0.4 is 5.32 Å². The van der Waals surface area contributed by atoms with Crippen LogP contribution in [-0.4, -0.2) is 15.9 Å². The van der Waals surface area contributed by atoms with Gasteiger partial charge in [0.1, 0.15) is 0 Å². The standard InChI is InChI=1S/C21H23N3OS/c1-4-5-6-18(25)23-21-24-19(17-12-14(2)11-15(3)13-17)20(26-21)16-7-9-22-10-8-16/h7-13H,4-6H2,1-3H3,(H,23,24,25). The maximum Gasteiger partial charge on any atom is 0.226 e. The lowest BCUT2D eigenvalue weighted by Crippen LogP contribution is -2.10. The number of pyridine rings is 1. The molecule has 0 aliphatic heterocycles. The molecule has 26 heavy (non-hydrogen) atoms. The van der Waals surface area contributed by atoms with E-state index in [-0.39, 0.29) is 5.91 Å². The van der Waals surface area contributed by atoms with Crippen LogP contribution in [0, 0.1) is 13.8 Å². The average Bonchev–Trinajstić information content (AvgIpc) is 3.03. The number of aromatic nitrogens is 2. The van der Waals surface area contributed by atoms with Crippen LogP contribution in [0.3, 0.4) is 0 Å². The first-order valence-corrected chi connectivity index (χ1v) is 9.68. The lowest BCUT2D eigenvalue weighted by Gasteiger charge is -2.05. The number of thiazole rings is 1. The van der Waals surface area contributed by atoms with Crippen molar-refractivity contribution < 1.29 is 4.79 Å². The normalized spacial score (nSPS) is 10.7. The van der Waals surface area contributed by atoms with Crippen molar-refractivity contribution in [3.8, 4) is 21.7 Å². The Morgan fingerprint density at radius 1 is 1.08 bits per heavy atom. The van der Waals surface area contributed by atoms with Gasteiger partial charge < -0.3 is 5.32 Å². The number of nitrogens with zero attached hydrogens (tertiary/aromatic N) is 2. The summed E-state index contributed by atoms with van der Waals surface area (Å²) in [5, 5.41) is 3.60. The van der Waals surface area contributed by atoms with Gasteiger partial charge in [-0.05, 0) is 50.1 Å². The maximum atomic E-state index is 12.1. The Morgan fingerprint density at radius 3 is 2.42 bits per heavy atom. The summed E-state index contributed by atoms with van der Waals surface area (Å²) >= 11 is 1.51. The summed E-state index contributed by atoms with van der Waals surface area (Å²) < 4.78 is 0. The van der Waals surface area contributed by atoms with Gasteiger partial charge in [-0.25, -0.2) is 4.98 Å². The first-order valence-electron chi connectivity index (χ1n) is 8.86. The van der Waals surface area contributed by atoms with Crippen molar-refractivity contribution in [2.24, 2.45) is 0 Å². The smallest absolute Gasteiger partial charge is 0.226 e. The number of anilines is 1. The van der Waals surface area contributed by atoms with E-state index in [4.69, 9.17) is 4.98 Å². The van der Waals surface area contributed by atoms with Gasteiger partial charge in [-0.15, -0.1) is 0 Å². The summed E-state index contributed by atoms with van der Waals surface area (Å²) in [6, 6.07) is 10.4. The number of nitrogens with one attached hydrogen (secondary N) is 1. The molecule has 0 bridgehead atoms. The highest BCUT2D eigenvalue weighted by Crippen LogP contribution is 2.39. The molecule has 3 aromatic rings. The van der Waals surface area contributed by atoms with Gasteiger partial charge in [0.25, 0.3) is 0 Å². The van der Waals surface area contributed by atoms with Gasteiger partial charge in [-0.1, -0.05) is 41.9 Å². The highest BCUT2D eigenvalue weighted by atomic mass is 32.1. The van der Waals surface area contributed by atoms with E-state index < -0.39 is 0 Å². The Balaban J connectivity index is 2.02. The zero-order chi connectivity index (χ0) is 18.5. The number of aryl methyl sites for hydroxylation is 2. The van der Waals surface area contributed by atoms with E-state index in [9.17, 15) is 4.79 Å². The number of amides is 1. The number of benzene rings is 1. The molecule has 0 spiro atoms. The van der Waals surface area contributed by atoms with E-state index in [2.05, 4.69) is 49.3 Å². The third-order valence-corrected chi connectivity index (χ3v) is 5.09. The number of unbranched alkanes of at least 4 members (excludes halogenated alkanes) is 1. The molecule has 1 amide bonds. The van der Waals surface area contributed by atoms with Crippen LogP contribution in [0.25, 0.3) is 21.7 Å². The second-order valence-corrected chi connectivity index (χ2v) is 7.46. The highest BCUT2D eigenvalue weighted by molar-refractivity contribution is 7.19. The number of rotatable bonds is 6. The van der Waals surface area contributed by atoms with Gasteiger partial charge in [0.05, 0.1) is 10.6 Å². The van der Waals surface area contributed by atoms with Gasteiger partial charge >= 0.3 is 0 Å². The van der Waals surface area contributed by atoms with Crippen molar-refractivity contribution in [2.75, 3.05) is 5.32 Å². The Bertz CT molecular complexity index is 883. The van der Waals surface area contributed by atoms with Gasteiger partial charge in [0.2, 0.25) is 5.91 Å². The minimum atomic E-state index is 0.0221. The second kappa shape index (κ2) is 8.23. The molecule has 0 saturated heterocycles. The fourth-order valence-electron chi connectivity index (χ4n) is 2.90. The van der Waals surface area contributed by atoms with Crippen molar-refractivity contribution in [1.29, 1.82) is 0 Å². The van der Waals surface area contributed by atoms with E-state index in [1.807, 2.05) is 12.1 Å². The quantitative estimate of drug-likeness (QED) is 0.617. The summed E-state index contributed by atoms with van der Waals surface area (Å²) in [5.41, 5.74) is 5.42. The summed E-state index contributed by atoms with van der Waals surface area (Å²) in [4.78, 5) is 22.0. The minimum Gasteiger partial charge on any atom is -0.302 e. The molecule has 0 unspecified atom stereocenters. The van der Waals surface area contributed by atoms with Gasteiger partial charge in [0.15, 0.2) is 5.13 Å². The largest absolute Gasteiger partial charge is 0.302 e. The fourth-order valence-corrected chi connectivity index (χ4v) is 3.91. The van der Waals surface area contributed by atoms with Crippen LogP contribution in [0.15, 0.2) is 42.7 Å². The molecule has 0 fully saturated rings. The van der Waals surface area contributed by atoms with Gasteiger partial charge in [-0.3, -0.25) is 9.78 Å². The second-order valence-electron chi connectivity index (χ2n) is 6.46. The molecule has 1 N–H and O–H groups in total. The molecular formula is C21H23N3OS. The summed E-state index contributed by atoms with van der Waals surface area (Å²) in [5.74, 6) is 0.0221. The SMILES string of the molecule is CCCCC(=O)Nc1nc(-c2cc(C)cc(C)c2)c(-c2ccncc2)s1. The molecule has 3 rings (SSSR count). The third-order valence-electron chi connectivity index (χ3n) is 4.07. The molecule has 2 aromatic heterocycles. The Hall–Kier alpha value is -2.53. The Labute approximate surface area is 158 Å². The van der Waals surface area contributed by atoms with Crippen LogP contribution in [-0.2, 0) is 4.79 Å². The number of carbonyl (C=O) groups is 1. The molecule has 1 aromatic carbocycles. The molecule has 0 aliphatic rings. The molecule has 5 heteroatoms. The van der Waals surface area contributed by atoms with E-state index in [0.717, 1.165) is 34.5 Å². The van der Waals surface area contributed by atoms with E-state index in [1.165, 1.54) is 22.5 Å². The number of hydrogen-bond acceptors (Lipinski definition) is 4. The van der Waals surface area contributed by atoms with Crippen LogP contribution in [0.2, 0.25) is 0 Å². The summed E-state index contributed by atoms with van der Waals surface area (Å²) in [6.07, 6.45) is 5.97. The average molecular weight is 366 g/mol. The molecule has 0 radical (unpaired) electrons. The minimum absolute atomic E-state index is 0.0221. The summed E-state index contributed by atoms with van der Waals surface area (Å²) in [6.45, 7) is 6.25. The molecular weight excluding hydrogens is 342 g/mol. The number of hydrogen-bond donors (Lipinski definition) is 1. The fraction of sp³-hybridized carbons (Fsp3) is 0.286. The predicted octanol–water partition coefficient (Wildman–Crippen LogP) is 5.62. The zero-order valence-electron chi connectivity index (χ0n) is 15.4. The van der Waals surface area contributed by atoms with Crippen molar-refractivity contribution in [1.82, 2.24) is 9.97 Å². The van der Waals surface area contributed by atoms with E-state index in [1.54, 1.807) is 12.4 Å². The zero-order valence-corrected chi connectivity index (χ0v) is 16.2. The predicted molar refractivity (Wildman–Crippen MR) is 108 cm³/mol. The lowest BCUT2D eigenvalue weighted by atomic mass is 10.0. The molecule has 0 atom stereocenters. The van der Waals surface area contributed by atoms with Crippen molar-refractivity contribution >= 4 is 22.4 Å². The lowest BCUT2D eigenvalue weighted by molar-refractivity contribution is -0.116. The first kappa shape index (κ1) is 18.3. The topological polar surface area (TPSA) is 54.9 Å². The maximum absolute atomic E-state index is 12.1. The van der Waals surface area contributed by atoms with Crippen molar-refractivity contribution in [2.45, 2.75) is 40.0 Å². The molecule has 134 valence electrons. The Kier molecular flexibility index (Phi) is 5.78. The molecule has 0 saturated carbocycles. The van der Waals surface area contributed by atoms with E-state index >= 15 is 0 Å². The highest BCUT2D eigenvalue weighted by Gasteiger charge is 2.17. The molecule has 4 nitrogen and oxygen atoms in total. The first-order chi connectivity index (χ1) is 12.6. The van der Waals surface area contributed by atoms with E-state index in [0.29, 0.717) is 11.6 Å². The van der Waals surface area contributed by atoms with Gasteiger partial charge in [-0.2, -0.15) is 0 Å². The third kappa shape index (κ3) is 4.35. The Morgan fingerprint density at radius 2 is 1.77 bits per heavy atom. The number of carbonyl (C=O) groups excluding carboxylic acids is 1. The monoisotopic (exact) mass is 365 g/mol. The molecule has 2 heterocycles. The van der Waals surface area contributed by atoms with Crippen LogP contribution in [0.1, 0.15) is 37.3 Å². The van der Waals surface area contributed by atoms with Crippen LogP contribution in [0.4, 0.5) is 5.13 Å². The molecule has 0 aliphatic carbocycles. The van der Waals surface area contributed by atoms with Crippen molar-refractivity contribution in [3.05, 3.63) is 53.9 Å².